The monoisotopic (exact) mass is 354 g/mol. The Morgan fingerprint density at radius 3 is 2.77 bits per heavy atom. The first-order chi connectivity index (χ1) is 12.7. The van der Waals surface area contributed by atoms with Crippen LogP contribution in [0.25, 0.3) is 0 Å². The molecule has 0 bridgehead atoms. The van der Waals surface area contributed by atoms with Crippen molar-refractivity contribution in [1.29, 1.82) is 0 Å². The minimum Gasteiger partial charge on any atom is -0.462 e. The molecule has 0 atom stereocenters. The van der Waals surface area contributed by atoms with Gasteiger partial charge in [0, 0.05) is 37.1 Å². The molecule has 0 aliphatic carbocycles. The van der Waals surface area contributed by atoms with Gasteiger partial charge < -0.3 is 15.0 Å². The molecule has 136 valence electrons. The summed E-state index contributed by atoms with van der Waals surface area (Å²) in [4.78, 5) is 34.9. The summed E-state index contributed by atoms with van der Waals surface area (Å²) in [5.41, 5.74) is 1.04. The molecule has 2 aromatic rings. The maximum atomic E-state index is 12.5. The predicted octanol–water partition coefficient (Wildman–Crippen LogP) is 2.51. The van der Waals surface area contributed by atoms with E-state index in [0.29, 0.717) is 17.9 Å². The number of carbonyl (C=O) groups excluding carboxylic acids is 2. The number of aromatic nitrogens is 2. The Bertz CT molecular complexity index is 758. The first kappa shape index (κ1) is 17.8. The van der Waals surface area contributed by atoms with E-state index in [0.717, 1.165) is 31.7 Å². The Kier molecular flexibility index (Phi) is 5.78. The van der Waals surface area contributed by atoms with Gasteiger partial charge in [-0.3, -0.25) is 9.78 Å². The number of hydrogen-bond donors (Lipinski definition) is 1. The van der Waals surface area contributed by atoms with Crippen molar-refractivity contribution in [1.82, 2.24) is 9.97 Å². The van der Waals surface area contributed by atoms with Crippen molar-refractivity contribution >= 4 is 23.4 Å². The molecule has 0 spiro atoms. The van der Waals surface area contributed by atoms with Crippen LogP contribution in [-0.4, -0.2) is 41.5 Å². The molecule has 3 rings (SSSR count). The number of piperidine rings is 1. The number of benzene rings is 1. The molecular formula is C19H22N4O3. The number of nitrogens with one attached hydrogen (secondary N) is 1. The molecule has 1 fully saturated rings. The van der Waals surface area contributed by atoms with E-state index in [9.17, 15) is 9.59 Å². The van der Waals surface area contributed by atoms with Gasteiger partial charge in [-0.2, -0.15) is 0 Å². The summed E-state index contributed by atoms with van der Waals surface area (Å²) in [6.45, 7) is 3.61. The molecule has 1 amide bonds. The van der Waals surface area contributed by atoms with Crippen LogP contribution in [-0.2, 0) is 9.53 Å². The predicted molar refractivity (Wildman–Crippen MR) is 98.0 cm³/mol. The highest BCUT2D eigenvalue weighted by Gasteiger charge is 2.25. The molecule has 1 aliphatic rings. The number of esters is 1. The molecule has 0 saturated carbocycles. The van der Waals surface area contributed by atoms with Gasteiger partial charge in [0.25, 0.3) is 0 Å². The van der Waals surface area contributed by atoms with Gasteiger partial charge in [-0.05, 0) is 38.0 Å². The van der Waals surface area contributed by atoms with Gasteiger partial charge >= 0.3 is 5.97 Å². The van der Waals surface area contributed by atoms with Gasteiger partial charge in [-0.1, -0.05) is 6.07 Å². The number of anilines is 2. The minimum atomic E-state index is -0.388. The zero-order valence-corrected chi connectivity index (χ0v) is 14.7. The van der Waals surface area contributed by atoms with E-state index < -0.39 is 0 Å². The lowest BCUT2D eigenvalue weighted by atomic mass is 9.96. The first-order valence-corrected chi connectivity index (χ1v) is 8.76. The topological polar surface area (TPSA) is 84.4 Å². The van der Waals surface area contributed by atoms with Gasteiger partial charge in [-0.25, -0.2) is 9.78 Å². The van der Waals surface area contributed by atoms with Crippen molar-refractivity contribution in [3.63, 3.8) is 0 Å². The third-order valence-corrected chi connectivity index (χ3v) is 4.38. The smallest absolute Gasteiger partial charge is 0.338 e. The van der Waals surface area contributed by atoms with Crippen molar-refractivity contribution < 1.29 is 14.3 Å². The van der Waals surface area contributed by atoms with Gasteiger partial charge in [0.2, 0.25) is 5.91 Å². The standard InChI is InChI=1S/C19H22N4O3/c1-2-26-19(25)15-4-3-5-16(12-15)22-18(24)14-6-10-23(11-7-14)17-13-20-8-9-21-17/h3-5,8-9,12-14H,2,6-7,10-11H2,1H3,(H,22,24). The van der Waals surface area contributed by atoms with Gasteiger partial charge in [0.15, 0.2) is 0 Å². The number of amides is 1. The highest BCUT2D eigenvalue weighted by Crippen LogP contribution is 2.23. The normalized spacial score (nSPS) is 14.7. The molecule has 7 heteroatoms. The molecule has 1 saturated heterocycles. The Labute approximate surface area is 152 Å². The van der Waals surface area contributed by atoms with Crippen molar-refractivity contribution in [2.75, 3.05) is 29.9 Å². The lowest BCUT2D eigenvalue weighted by Gasteiger charge is -2.31. The fourth-order valence-corrected chi connectivity index (χ4v) is 3.01. The van der Waals surface area contributed by atoms with E-state index in [1.807, 2.05) is 0 Å². The number of ether oxygens (including phenoxy) is 1. The molecule has 1 aliphatic heterocycles. The second-order valence-corrected chi connectivity index (χ2v) is 6.12. The van der Waals surface area contributed by atoms with E-state index in [4.69, 9.17) is 4.74 Å². The summed E-state index contributed by atoms with van der Waals surface area (Å²) in [6, 6.07) is 6.82. The summed E-state index contributed by atoms with van der Waals surface area (Å²) in [7, 11) is 0. The molecule has 2 heterocycles. The summed E-state index contributed by atoms with van der Waals surface area (Å²) < 4.78 is 4.99. The zero-order chi connectivity index (χ0) is 18.4. The fraction of sp³-hybridized carbons (Fsp3) is 0.368. The second-order valence-electron chi connectivity index (χ2n) is 6.12. The molecule has 7 nitrogen and oxygen atoms in total. The van der Waals surface area contributed by atoms with E-state index in [-0.39, 0.29) is 17.8 Å². The van der Waals surface area contributed by atoms with E-state index in [2.05, 4.69) is 20.2 Å². The quantitative estimate of drug-likeness (QED) is 0.831. The van der Waals surface area contributed by atoms with Crippen LogP contribution in [0.15, 0.2) is 42.9 Å². The maximum Gasteiger partial charge on any atom is 0.338 e. The Morgan fingerprint density at radius 2 is 2.08 bits per heavy atom. The average Bonchev–Trinajstić information content (AvgIpc) is 2.69. The summed E-state index contributed by atoms with van der Waals surface area (Å²) >= 11 is 0. The minimum absolute atomic E-state index is 0.0233. The van der Waals surface area contributed by atoms with Crippen LogP contribution in [0.4, 0.5) is 11.5 Å². The van der Waals surface area contributed by atoms with E-state index in [1.54, 1.807) is 49.8 Å². The Balaban J connectivity index is 1.56. The summed E-state index contributed by atoms with van der Waals surface area (Å²) in [6.07, 6.45) is 6.56. The number of hydrogen-bond acceptors (Lipinski definition) is 6. The molecule has 0 radical (unpaired) electrons. The van der Waals surface area contributed by atoms with Gasteiger partial charge in [-0.15, -0.1) is 0 Å². The number of rotatable bonds is 5. The Hall–Kier alpha value is -2.96. The van der Waals surface area contributed by atoms with Crippen LogP contribution in [0.1, 0.15) is 30.1 Å². The Morgan fingerprint density at radius 1 is 1.27 bits per heavy atom. The van der Waals surface area contributed by atoms with Crippen molar-refractivity contribution in [2.45, 2.75) is 19.8 Å². The molecule has 26 heavy (non-hydrogen) atoms. The molecular weight excluding hydrogens is 332 g/mol. The van der Waals surface area contributed by atoms with Crippen LogP contribution in [0.3, 0.4) is 0 Å². The molecule has 0 unspecified atom stereocenters. The first-order valence-electron chi connectivity index (χ1n) is 8.76. The maximum absolute atomic E-state index is 12.5. The van der Waals surface area contributed by atoms with Crippen LogP contribution in [0.5, 0.6) is 0 Å². The highest BCUT2D eigenvalue weighted by atomic mass is 16.5. The second kappa shape index (κ2) is 8.42. The van der Waals surface area contributed by atoms with Gasteiger partial charge in [0.1, 0.15) is 5.82 Å². The average molecular weight is 354 g/mol. The lowest BCUT2D eigenvalue weighted by Crippen LogP contribution is -2.38. The number of nitrogens with zero attached hydrogens (tertiary/aromatic N) is 3. The van der Waals surface area contributed by atoms with Crippen molar-refractivity contribution in [3.05, 3.63) is 48.4 Å². The highest BCUT2D eigenvalue weighted by molar-refractivity contribution is 5.95. The number of carbonyl (C=O) groups is 2. The van der Waals surface area contributed by atoms with Crippen LogP contribution in [0, 0.1) is 5.92 Å². The SMILES string of the molecule is CCOC(=O)c1cccc(NC(=O)C2CCN(c3cnccn3)CC2)c1. The summed E-state index contributed by atoms with van der Waals surface area (Å²) in [5, 5.41) is 2.91. The fourth-order valence-electron chi connectivity index (χ4n) is 3.01. The van der Waals surface area contributed by atoms with Crippen LogP contribution < -0.4 is 10.2 Å². The van der Waals surface area contributed by atoms with Crippen LogP contribution in [0.2, 0.25) is 0 Å². The van der Waals surface area contributed by atoms with Gasteiger partial charge in [0.05, 0.1) is 18.4 Å². The largest absolute Gasteiger partial charge is 0.462 e. The molecule has 1 aromatic heterocycles. The molecule has 1 aromatic carbocycles. The van der Waals surface area contributed by atoms with E-state index >= 15 is 0 Å². The van der Waals surface area contributed by atoms with Crippen molar-refractivity contribution in [2.24, 2.45) is 5.92 Å². The molecule has 1 N–H and O–H groups in total. The lowest BCUT2D eigenvalue weighted by molar-refractivity contribution is -0.120. The summed E-state index contributed by atoms with van der Waals surface area (Å²) in [5.74, 6) is 0.369. The zero-order valence-electron chi connectivity index (χ0n) is 14.7. The van der Waals surface area contributed by atoms with E-state index in [1.165, 1.54) is 0 Å². The van der Waals surface area contributed by atoms with Crippen molar-refractivity contribution in [3.8, 4) is 0 Å². The third-order valence-electron chi connectivity index (χ3n) is 4.38. The third kappa shape index (κ3) is 4.36. The van der Waals surface area contributed by atoms with Crippen LogP contribution >= 0.6 is 0 Å².